The molecule has 2 aromatic carbocycles. The van der Waals surface area contributed by atoms with Crippen molar-refractivity contribution in [3.63, 3.8) is 0 Å². The van der Waals surface area contributed by atoms with E-state index in [1.807, 2.05) is 6.07 Å². The topological polar surface area (TPSA) is 27.3 Å². The number of allylic oxidation sites excluding steroid dienone is 1. The van der Waals surface area contributed by atoms with Crippen LogP contribution in [0.3, 0.4) is 0 Å². The molecule has 0 bridgehead atoms. The van der Waals surface area contributed by atoms with E-state index in [1.54, 1.807) is 0 Å². The van der Waals surface area contributed by atoms with Crippen LogP contribution in [0.1, 0.15) is 36.0 Å². The second-order valence-corrected chi connectivity index (χ2v) is 8.61. The summed E-state index contributed by atoms with van der Waals surface area (Å²) >= 11 is 6.29. The lowest BCUT2D eigenvalue weighted by molar-refractivity contribution is 0.174. The highest BCUT2D eigenvalue weighted by Crippen LogP contribution is 2.50. The summed E-state index contributed by atoms with van der Waals surface area (Å²) in [5, 5.41) is 7.82. The number of rotatable bonds is 2. The molecule has 0 unspecified atom stereocenters. The van der Waals surface area contributed by atoms with E-state index in [2.05, 4.69) is 52.4 Å². The molecule has 0 atom stereocenters. The number of anilines is 2. The molecule has 2 N–H and O–H groups in total. The van der Waals surface area contributed by atoms with Crippen LogP contribution in [0.4, 0.5) is 11.4 Å². The van der Waals surface area contributed by atoms with Gasteiger partial charge in [-0.15, -0.1) is 0 Å². The van der Waals surface area contributed by atoms with Crippen LogP contribution in [0.15, 0.2) is 48.7 Å². The Kier molecular flexibility index (Phi) is 4.18. The van der Waals surface area contributed by atoms with E-state index in [4.69, 9.17) is 11.6 Å². The Morgan fingerprint density at radius 2 is 1.89 bits per heavy atom. The van der Waals surface area contributed by atoms with Crippen LogP contribution in [0.25, 0.3) is 0 Å². The third-order valence-corrected chi connectivity index (χ3v) is 6.82. The highest BCUT2D eigenvalue weighted by atomic mass is 35.5. The van der Waals surface area contributed by atoms with E-state index < -0.39 is 0 Å². The van der Waals surface area contributed by atoms with Crippen LogP contribution in [0.5, 0.6) is 0 Å². The maximum absolute atomic E-state index is 6.29. The van der Waals surface area contributed by atoms with Crippen LogP contribution in [-0.4, -0.2) is 24.5 Å². The molecule has 0 radical (unpaired) electrons. The van der Waals surface area contributed by atoms with E-state index >= 15 is 0 Å². The zero-order valence-corrected chi connectivity index (χ0v) is 16.4. The summed E-state index contributed by atoms with van der Waals surface area (Å²) in [6.07, 6.45) is 4.62. The molecule has 0 amide bonds. The van der Waals surface area contributed by atoms with Crippen molar-refractivity contribution in [3.8, 4) is 0 Å². The van der Waals surface area contributed by atoms with Crippen LogP contribution < -0.4 is 10.6 Å². The zero-order chi connectivity index (χ0) is 18.4. The van der Waals surface area contributed by atoms with Gasteiger partial charge in [0.25, 0.3) is 0 Å². The van der Waals surface area contributed by atoms with Crippen LogP contribution in [0.2, 0.25) is 5.02 Å². The lowest BCUT2D eigenvalue weighted by Crippen LogP contribution is -2.42. The van der Waals surface area contributed by atoms with E-state index in [-0.39, 0.29) is 5.41 Å². The van der Waals surface area contributed by atoms with Gasteiger partial charge in [0.1, 0.15) is 0 Å². The Morgan fingerprint density at radius 3 is 2.74 bits per heavy atom. The van der Waals surface area contributed by atoms with E-state index in [9.17, 15) is 0 Å². The molecule has 3 nitrogen and oxygen atoms in total. The van der Waals surface area contributed by atoms with Gasteiger partial charge in [0, 0.05) is 40.6 Å². The molecule has 27 heavy (non-hydrogen) atoms. The minimum Gasteiger partial charge on any atom is -0.385 e. The number of nitrogens with zero attached hydrogens (tertiary/aromatic N) is 1. The minimum atomic E-state index is 0.0382. The zero-order valence-electron chi connectivity index (χ0n) is 15.7. The normalized spacial score (nSPS) is 20.7. The maximum atomic E-state index is 6.29. The Bertz CT molecular complexity index is 896. The van der Waals surface area contributed by atoms with Gasteiger partial charge >= 0.3 is 0 Å². The first-order valence-electron chi connectivity index (χ1n) is 9.99. The summed E-state index contributed by atoms with van der Waals surface area (Å²) in [4.78, 5) is 2.58. The van der Waals surface area contributed by atoms with Gasteiger partial charge in [0.15, 0.2) is 0 Å². The number of hydrogen-bond acceptors (Lipinski definition) is 3. The summed E-state index contributed by atoms with van der Waals surface area (Å²) in [6, 6.07) is 13.1. The fourth-order valence-electron chi connectivity index (χ4n) is 5.01. The van der Waals surface area contributed by atoms with E-state index in [0.717, 1.165) is 49.7 Å². The van der Waals surface area contributed by atoms with Crippen molar-refractivity contribution in [3.05, 3.63) is 70.4 Å². The van der Waals surface area contributed by atoms with Crippen molar-refractivity contribution in [2.45, 2.75) is 37.6 Å². The fraction of sp³-hybridized carbons (Fsp3) is 0.391. The number of benzene rings is 2. The van der Waals surface area contributed by atoms with Gasteiger partial charge < -0.3 is 10.6 Å². The van der Waals surface area contributed by atoms with Crippen molar-refractivity contribution in [1.82, 2.24) is 4.90 Å². The average molecular weight is 380 g/mol. The van der Waals surface area contributed by atoms with Crippen molar-refractivity contribution < 1.29 is 0 Å². The summed E-state index contributed by atoms with van der Waals surface area (Å²) in [5.74, 6) is 0. The van der Waals surface area contributed by atoms with E-state index in [1.165, 1.54) is 40.9 Å². The number of fused-ring (bicyclic) bond motifs is 3. The Labute approximate surface area is 166 Å². The van der Waals surface area contributed by atoms with Gasteiger partial charge in [-0.1, -0.05) is 30.3 Å². The highest BCUT2D eigenvalue weighted by molar-refractivity contribution is 6.30. The largest absolute Gasteiger partial charge is 0.385 e. The molecule has 0 saturated carbocycles. The lowest BCUT2D eigenvalue weighted by atomic mass is 9.72. The molecule has 0 aromatic heterocycles. The monoisotopic (exact) mass is 379 g/mol. The first-order valence-corrected chi connectivity index (χ1v) is 10.4. The standard InChI is InChI=1S/C23H26ClN3/c1-16-23(20-14-19(24)5-7-22(20)26-16)8-11-27(12-9-23)15-17-4-6-21-18(13-17)3-2-10-25-21/h4-7,13-14,25-26H,1-3,8-12,15H2. The molecule has 3 heterocycles. The quantitative estimate of drug-likeness (QED) is 0.753. The predicted octanol–water partition coefficient (Wildman–Crippen LogP) is 5.17. The SMILES string of the molecule is C=C1Nc2ccc(Cl)cc2C12CCN(Cc1ccc3c(c1)CCCN3)CC2. The average Bonchev–Trinajstić information content (AvgIpc) is 2.95. The predicted molar refractivity (Wildman–Crippen MR) is 114 cm³/mol. The molecule has 5 rings (SSSR count). The minimum absolute atomic E-state index is 0.0382. The summed E-state index contributed by atoms with van der Waals surface area (Å²) in [5.41, 5.74) is 7.92. The Morgan fingerprint density at radius 1 is 1.07 bits per heavy atom. The van der Waals surface area contributed by atoms with Crippen LogP contribution in [0, 0.1) is 0 Å². The molecule has 3 aliphatic heterocycles. The molecular weight excluding hydrogens is 354 g/mol. The molecule has 0 aliphatic carbocycles. The van der Waals surface area contributed by atoms with Crippen molar-refractivity contribution in [2.75, 3.05) is 30.3 Å². The number of likely N-dealkylation sites (tertiary alicyclic amines) is 1. The van der Waals surface area contributed by atoms with Gasteiger partial charge in [0.2, 0.25) is 0 Å². The molecule has 4 heteroatoms. The first kappa shape index (κ1) is 17.2. The van der Waals surface area contributed by atoms with Crippen molar-refractivity contribution >= 4 is 23.0 Å². The van der Waals surface area contributed by atoms with Gasteiger partial charge in [-0.3, -0.25) is 4.90 Å². The Balaban J connectivity index is 1.31. The first-order chi connectivity index (χ1) is 13.1. The van der Waals surface area contributed by atoms with Crippen molar-refractivity contribution in [1.29, 1.82) is 0 Å². The molecule has 1 saturated heterocycles. The van der Waals surface area contributed by atoms with Gasteiger partial charge in [-0.05, 0) is 79.7 Å². The molecule has 140 valence electrons. The Hall–Kier alpha value is -1.97. The van der Waals surface area contributed by atoms with Crippen LogP contribution >= 0.6 is 11.6 Å². The summed E-state index contributed by atoms with van der Waals surface area (Å²) < 4.78 is 0. The number of piperidine rings is 1. The van der Waals surface area contributed by atoms with E-state index in [0.29, 0.717) is 0 Å². The molecule has 2 aromatic rings. The number of nitrogens with one attached hydrogen (secondary N) is 2. The van der Waals surface area contributed by atoms with Crippen LogP contribution in [-0.2, 0) is 18.4 Å². The number of aryl methyl sites for hydroxylation is 1. The molecular formula is C23H26ClN3. The number of hydrogen-bond donors (Lipinski definition) is 2. The third kappa shape index (κ3) is 2.94. The number of halogens is 1. The fourth-order valence-corrected chi connectivity index (χ4v) is 5.19. The highest BCUT2D eigenvalue weighted by Gasteiger charge is 2.44. The summed E-state index contributed by atoms with van der Waals surface area (Å²) in [6.45, 7) is 8.66. The van der Waals surface area contributed by atoms with Gasteiger partial charge in [0.05, 0.1) is 0 Å². The third-order valence-electron chi connectivity index (χ3n) is 6.58. The second-order valence-electron chi connectivity index (χ2n) is 8.17. The maximum Gasteiger partial charge on any atom is 0.0425 e. The smallest absolute Gasteiger partial charge is 0.0425 e. The lowest BCUT2D eigenvalue weighted by Gasteiger charge is -2.40. The molecule has 3 aliphatic rings. The van der Waals surface area contributed by atoms with Crippen molar-refractivity contribution in [2.24, 2.45) is 0 Å². The molecule has 1 spiro atoms. The summed E-state index contributed by atoms with van der Waals surface area (Å²) in [7, 11) is 0. The van der Waals surface area contributed by atoms with Gasteiger partial charge in [-0.25, -0.2) is 0 Å². The second kappa shape index (κ2) is 6.57. The van der Waals surface area contributed by atoms with Gasteiger partial charge in [-0.2, -0.15) is 0 Å². The molecule has 1 fully saturated rings.